The average Bonchev–Trinajstić information content (AvgIpc) is 2.58. The second-order valence-electron chi connectivity index (χ2n) is 6.72. The van der Waals surface area contributed by atoms with Gasteiger partial charge in [0.2, 0.25) is 0 Å². The summed E-state index contributed by atoms with van der Waals surface area (Å²) in [6.07, 6.45) is 9.60. The van der Waals surface area contributed by atoms with Crippen LogP contribution in [0.3, 0.4) is 0 Å². The second-order valence-corrected chi connectivity index (χ2v) is 6.72. The predicted molar refractivity (Wildman–Crippen MR) is 104 cm³/mol. The number of ether oxygens (including phenoxy) is 1. The van der Waals surface area contributed by atoms with E-state index >= 15 is 0 Å². The third-order valence-corrected chi connectivity index (χ3v) is 4.24. The largest absolute Gasteiger partial charge is 0.414 e. The fourth-order valence-electron chi connectivity index (χ4n) is 2.72. The number of amides is 1. The van der Waals surface area contributed by atoms with Gasteiger partial charge in [0, 0.05) is 20.1 Å². The monoisotopic (exact) mass is 344 g/mol. The molecular formula is C21H32N2O2. The van der Waals surface area contributed by atoms with Gasteiger partial charge in [0.05, 0.1) is 6.54 Å². The van der Waals surface area contributed by atoms with Gasteiger partial charge in [-0.1, -0.05) is 51.2 Å². The molecule has 1 rings (SSSR count). The molecule has 0 aliphatic heterocycles. The molecule has 0 N–H and O–H groups in total. The van der Waals surface area contributed by atoms with Crippen LogP contribution in [-0.4, -0.2) is 49.6 Å². The van der Waals surface area contributed by atoms with Crippen LogP contribution in [0.2, 0.25) is 0 Å². The summed E-state index contributed by atoms with van der Waals surface area (Å²) in [5.74, 6) is 3.55. The van der Waals surface area contributed by atoms with Gasteiger partial charge in [-0.15, -0.1) is 6.42 Å². The normalized spacial score (nSPS) is 11.8. The molecule has 0 radical (unpaired) electrons. The van der Waals surface area contributed by atoms with Crippen LogP contribution in [-0.2, 0) is 0 Å². The molecule has 0 aliphatic carbocycles. The van der Waals surface area contributed by atoms with E-state index in [-0.39, 0.29) is 6.09 Å². The third kappa shape index (κ3) is 8.09. The van der Waals surface area contributed by atoms with E-state index in [1.54, 1.807) is 11.9 Å². The van der Waals surface area contributed by atoms with Crippen LogP contribution >= 0.6 is 0 Å². The molecule has 138 valence electrons. The lowest BCUT2D eigenvalue weighted by Gasteiger charge is -2.20. The Morgan fingerprint density at radius 3 is 2.72 bits per heavy atom. The number of nitrogens with zero attached hydrogens (tertiary/aromatic N) is 2. The number of benzene rings is 1. The Bertz CT molecular complexity index is 565. The molecule has 0 spiro atoms. The van der Waals surface area contributed by atoms with Crippen molar-refractivity contribution in [2.45, 2.75) is 45.4 Å². The molecule has 0 aliphatic rings. The first-order valence-electron chi connectivity index (χ1n) is 9.12. The van der Waals surface area contributed by atoms with Crippen LogP contribution in [0.15, 0.2) is 24.3 Å². The summed E-state index contributed by atoms with van der Waals surface area (Å²) in [5, 5.41) is 0. The Hall–Kier alpha value is -1.99. The van der Waals surface area contributed by atoms with Gasteiger partial charge in [0.15, 0.2) is 0 Å². The van der Waals surface area contributed by atoms with E-state index in [0.717, 1.165) is 31.5 Å². The van der Waals surface area contributed by atoms with E-state index in [1.807, 2.05) is 25.2 Å². The summed E-state index contributed by atoms with van der Waals surface area (Å²) in [5.41, 5.74) is 1.14. The molecule has 0 unspecified atom stereocenters. The number of rotatable bonds is 10. The number of carbonyl (C=O) groups is 1. The Kier molecular flexibility index (Phi) is 9.72. The zero-order valence-corrected chi connectivity index (χ0v) is 16.1. The lowest BCUT2D eigenvalue weighted by Crippen LogP contribution is -2.30. The summed E-state index contributed by atoms with van der Waals surface area (Å²) in [6.45, 7) is 6.54. The van der Waals surface area contributed by atoms with Crippen molar-refractivity contribution in [2.24, 2.45) is 0 Å². The van der Waals surface area contributed by atoms with Crippen LogP contribution < -0.4 is 4.74 Å². The average molecular weight is 344 g/mol. The van der Waals surface area contributed by atoms with E-state index < -0.39 is 0 Å². The highest BCUT2D eigenvalue weighted by molar-refractivity contribution is 5.70. The number of likely N-dealkylation sites (N-methyl/N-ethyl adjacent to an activating group) is 1. The van der Waals surface area contributed by atoms with E-state index in [4.69, 9.17) is 11.2 Å². The Morgan fingerprint density at radius 2 is 2.04 bits per heavy atom. The SMILES string of the molecule is C#CCN(C)C[C@@H](C)c1cccc(OC(=O)N(C)CCCCCC)c1. The topological polar surface area (TPSA) is 32.8 Å². The number of hydrogen-bond donors (Lipinski definition) is 0. The van der Waals surface area contributed by atoms with Crippen molar-refractivity contribution < 1.29 is 9.53 Å². The maximum atomic E-state index is 12.2. The quantitative estimate of drug-likeness (QED) is 0.467. The van der Waals surface area contributed by atoms with Crippen molar-refractivity contribution in [3.8, 4) is 18.1 Å². The van der Waals surface area contributed by atoms with Gasteiger partial charge in [0.25, 0.3) is 0 Å². The predicted octanol–water partition coefficient (Wildman–Crippen LogP) is 4.37. The van der Waals surface area contributed by atoms with Gasteiger partial charge < -0.3 is 9.64 Å². The first-order chi connectivity index (χ1) is 12.0. The van der Waals surface area contributed by atoms with Crippen molar-refractivity contribution >= 4 is 6.09 Å². The number of carbonyl (C=O) groups excluding carboxylic acids is 1. The smallest absolute Gasteiger partial charge is 0.410 e. The van der Waals surface area contributed by atoms with Gasteiger partial charge in [-0.05, 0) is 37.1 Å². The minimum atomic E-state index is -0.300. The minimum Gasteiger partial charge on any atom is -0.410 e. The van der Waals surface area contributed by atoms with Crippen LogP contribution in [0.5, 0.6) is 5.75 Å². The molecule has 0 aromatic heterocycles. The fourth-order valence-corrected chi connectivity index (χ4v) is 2.72. The Morgan fingerprint density at radius 1 is 1.28 bits per heavy atom. The zero-order chi connectivity index (χ0) is 18.7. The fraction of sp³-hybridized carbons (Fsp3) is 0.571. The van der Waals surface area contributed by atoms with Crippen molar-refractivity contribution in [1.29, 1.82) is 0 Å². The summed E-state index contributed by atoms with van der Waals surface area (Å²) in [4.78, 5) is 15.9. The summed E-state index contributed by atoms with van der Waals surface area (Å²) in [6, 6.07) is 7.75. The molecule has 0 fully saturated rings. The van der Waals surface area contributed by atoms with Crippen molar-refractivity contribution in [2.75, 3.05) is 33.7 Å². The van der Waals surface area contributed by atoms with E-state index in [9.17, 15) is 4.79 Å². The molecule has 4 heteroatoms. The molecule has 0 heterocycles. The number of unbranched alkanes of at least 4 members (excludes halogenated alkanes) is 3. The van der Waals surface area contributed by atoms with Gasteiger partial charge in [-0.25, -0.2) is 4.79 Å². The maximum absolute atomic E-state index is 12.2. The molecule has 25 heavy (non-hydrogen) atoms. The summed E-state index contributed by atoms with van der Waals surface area (Å²) in [7, 11) is 3.79. The zero-order valence-electron chi connectivity index (χ0n) is 16.1. The molecule has 1 aromatic carbocycles. The van der Waals surface area contributed by atoms with Crippen molar-refractivity contribution in [3.05, 3.63) is 29.8 Å². The van der Waals surface area contributed by atoms with Crippen LogP contribution in [0.1, 0.15) is 51.0 Å². The van der Waals surface area contributed by atoms with Crippen molar-refractivity contribution in [3.63, 3.8) is 0 Å². The number of terminal acetylenes is 1. The second kappa shape index (κ2) is 11.5. The first kappa shape index (κ1) is 21.1. The van der Waals surface area contributed by atoms with Gasteiger partial charge in [-0.3, -0.25) is 4.90 Å². The Labute approximate surface area is 153 Å². The number of hydrogen-bond acceptors (Lipinski definition) is 3. The van der Waals surface area contributed by atoms with E-state index in [2.05, 4.69) is 30.7 Å². The third-order valence-electron chi connectivity index (χ3n) is 4.24. The highest BCUT2D eigenvalue weighted by Gasteiger charge is 2.13. The van der Waals surface area contributed by atoms with E-state index in [1.165, 1.54) is 12.8 Å². The molecule has 1 aromatic rings. The van der Waals surface area contributed by atoms with Gasteiger partial charge in [-0.2, -0.15) is 0 Å². The lowest BCUT2D eigenvalue weighted by atomic mass is 10.0. The molecule has 0 saturated carbocycles. The molecule has 0 saturated heterocycles. The Balaban J connectivity index is 2.56. The molecule has 1 atom stereocenters. The van der Waals surface area contributed by atoms with Gasteiger partial charge >= 0.3 is 6.09 Å². The van der Waals surface area contributed by atoms with Crippen LogP contribution in [0.25, 0.3) is 0 Å². The van der Waals surface area contributed by atoms with Crippen LogP contribution in [0.4, 0.5) is 4.79 Å². The lowest BCUT2D eigenvalue weighted by molar-refractivity contribution is 0.162. The summed E-state index contributed by atoms with van der Waals surface area (Å²) >= 11 is 0. The molecule has 0 bridgehead atoms. The maximum Gasteiger partial charge on any atom is 0.414 e. The standard InChI is InChI=1S/C21H32N2O2/c1-6-8-9-10-15-23(5)21(24)25-20-13-11-12-19(16-20)18(3)17-22(4)14-7-2/h2,11-13,16,18H,6,8-10,14-15,17H2,1,3-5H3/t18-/m1/s1. The first-order valence-corrected chi connectivity index (χ1v) is 9.12. The van der Waals surface area contributed by atoms with Gasteiger partial charge in [0.1, 0.15) is 5.75 Å². The highest BCUT2D eigenvalue weighted by Crippen LogP contribution is 2.22. The minimum absolute atomic E-state index is 0.300. The van der Waals surface area contributed by atoms with Crippen LogP contribution in [0, 0.1) is 12.3 Å². The molecule has 4 nitrogen and oxygen atoms in total. The highest BCUT2D eigenvalue weighted by atomic mass is 16.6. The molecule has 1 amide bonds. The van der Waals surface area contributed by atoms with E-state index in [0.29, 0.717) is 18.2 Å². The molecular weight excluding hydrogens is 312 g/mol. The van der Waals surface area contributed by atoms with Crippen molar-refractivity contribution in [1.82, 2.24) is 9.80 Å². The summed E-state index contributed by atoms with van der Waals surface area (Å²) < 4.78 is 5.52.